The van der Waals surface area contributed by atoms with Crippen LogP contribution in [0.25, 0.3) is 6.08 Å². The Labute approximate surface area is 162 Å². The molecule has 0 saturated heterocycles. The van der Waals surface area contributed by atoms with Crippen molar-refractivity contribution in [2.45, 2.75) is 4.90 Å². The van der Waals surface area contributed by atoms with Crippen LogP contribution in [0.4, 0.5) is 5.69 Å². The van der Waals surface area contributed by atoms with Crippen LogP contribution in [0.1, 0.15) is 15.9 Å². The first-order chi connectivity index (χ1) is 13.3. The van der Waals surface area contributed by atoms with E-state index in [-0.39, 0.29) is 27.6 Å². The summed E-state index contributed by atoms with van der Waals surface area (Å²) in [6, 6.07) is 17.7. The topological polar surface area (TPSA) is 104 Å². The maximum Gasteiger partial charge on any atom is 0.261 e. The minimum Gasteiger partial charge on any atom is -0.508 e. The molecule has 0 atom stereocenters. The molecule has 0 aliphatic carbocycles. The molecule has 28 heavy (non-hydrogen) atoms. The number of benzene rings is 3. The number of carbonyl (C=O) groups is 1. The van der Waals surface area contributed by atoms with E-state index in [0.29, 0.717) is 5.56 Å². The SMILES string of the molecule is O=C(/C=C/c1cccc(O)c1)c1ccccc1NS(=O)(=O)c1ccc(O)cc1. The van der Waals surface area contributed by atoms with Gasteiger partial charge in [0, 0.05) is 5.56 Å². The van der Waals surface area contributed by atoms with E-state index >= 15 is 0 Å². The Morgan fingerprint density at radius 2 is 1.57 bits per heavy atom. The summed E-state index contributed by atoms with van der Waals surface area (Å²) in [6.07, 6.45) is 2.84. The average molecular weight is 395 g/mol. The van der Waals surface area contributed by atoms with Crippen LogP contribution < -0.4 is 4.72 Å². The van der Waals surface area contributed by atoms with Gasteiger partial charge in [-0.15, -0.1) is 0 Å². The zero-order valence-electron chi connectivity index (χ0n) is 14.6. The lowest BCUT2D eigenvalue weighted by atomic mass is 10.1. The highest BCUT2D eigenvalue weighted by molar-refractivity contribution is 7.92. The predicted octanol–water partition coefficient (Wildman–Crippen LogP) is 3.79. The summed E-state index contributed by atoms with van der Waals surface area (Å²) in [5, 5.41) is 18.8. The fourth-order valence-electron chi connectivity index (χ4n) is 2.51. The number of nitrogens with one attached hydrogen (secondary N) is 1. The van der Waals surface area contributed by atoms with Crippen LogP contribution in [0.5, 0.6) is 11.5 Å². The lowest BCUT2D eigenvalue weighted by Crippen LogP contribution is -2.15. The summed E-state index contributed by atoms with van der Waals surface area (Å²) in [4.78, 5) is 12.5. The fourth-order valence-corrected chi connectivity index (χ4v) is 3.59. The van der Waals surface area contributed by atoms with Crippen LogP contribution in [0, 0.1) is 0 Å². The second-order valence-corrected chi connectivity index (χ2v) is 7.62. The number of ketones is 1. The van der Waals surface area contributed by atoms with Gasteiger partial charge >= 0.3 is 0 Å². The molecule has 0 radical (unpaired) electrons. The molecule has 7 heteroatoms. The highest BCUT2D eigenvalue weighted by Crippen LogP contribution is 2.22. The molecule has 0 amide bonds. The number of carbonyl (C=O) groups excluding carboxylic acids is 1. The van der Waals surface area contributed by atoms with Crippen molar-refractivity contribution in [2.75, 3.05) is 4.72 Å². The average Bonchev–Trinajstić information content (AvgIpc) is 2.67. The van der Waals surface area contributed by atoms with E-state index in [1.807, 2.05) is 0 Å². The monoisotopic (exact) mass is 395 g/mol. The van der Waals surface area contributed by atoms with Gasteiger partial charge < -0.3 is 10.2 Å². The zero-order chi connectivity index (χ0) is 20.1. The van der Waals surface area contributed by atoms with Crippen molar-refractivity contribution in [3.63, 3.8) is 0 Å². The fraction of sp³-hybridized carbons (Fsp3) is 0. The lowest BCUT2D eigenvalue weighted by molar-refractivity contribution is 0.104. The molecule has 0 bridgehead atoms. The molecule has 0 heterocycles. The Bertz CT molecular complexity index is 1140. The van der Waals surface area contributed by atoms with Crippen molar-refractivity contribution in [2.24, 2.45) is 0 Å². The van der Waals surface area contributed by atoms with Crippen LogP contribution in [0.2, 0.25) is 0 Å². The molecule has 3 rings (SSSR count). The Hall–Kier alpha value is -3.58. The Kier molecular flexibility index (Phi) is 5.47. The van der Waals surface area contributed by atoms with Gasteiger partial charge in [-0.1, -0.05) is 30.3 Å². The number of para-hydroxylation sites is 1. The number of allylic oxidation sites excluding steroid dienone is 1. The molecule has 3 N–H and O–H groups in total. The largest absolute Gasteiger partial charge is 0.508 e. The van der Waals surface area contributed by atoms with E-state index in [4.69, 9.17) is 0 Å². The molecule has 3 aromatic rings. The zero-order valence-corrected chi connectivity index (χ0v) is 15.4. The van der Waals surface area contributed by atoms with Crippen LogP contribution in [0.3, 0.4) is 0 Å². The predicted molar refractivity (Wildman–Crippen MR) is 107 cm³/mol. The van der Waals surface area contributed by atoms with Gasteiger partial charge in [0.15, 0.2) is 5.78 Å². The van der Waals surface area contributed by atoms with E-state index in [1.165, 1.54) is 60.7 Å². The Balaban J connectivity index is 1.86. The van der Waals surface area contributed by atoms with Gasteiger partial charge in [-0.25, -0.2) is 8.42 Å². The highest BCUT2D eigenvalue weighted by Gasteiger charge is 2.17. The van der Waals surface area contributed by atoms with Crippen molar-refractivity contribution in [1.82, 2.24) is 0 Å². The van der Waals surface area contributed by atoms with E-state index in [2.05, 4.69) is 4.72 Å². The number of aromatic hydroxyl groups is 2. The first-order valence-corrected chi connectivity index (χ1v) is 9.76. The highest BCUT2D eigenvalue weighted by atomic mass is 32.2. The van der Waals surface area contributed by atoms with E-state index in [1.54, 1.807) is 24.3 Å². The first kappa shape index (κ1) is 19.2. The van der Waals surface area contributed by atoms with Crippen molar-refractivity contribution in [1.29, 1.82) is 0 Å². The molecular formula is C21H17NO5S. The van der Waals surface area contributed by atoms with Crippen molar-refractivity contribution >= 4 is 27.6 Å². The third-order valence-corrected chi connectivity index (χ3v) is 5.26. The quantitative estimate of drug-likeness (QED) is 0.435. The van der Waals surface area contributed by atoms with Gasteiger partial charge in [-0.3, -0.25) is 9.52 Å². The van der Waals surface area contributed by atoms with Crippen LogP contribution >= 0.6 is 0 Å². The molecule has 142 valence electrons. The molecule has 6 nitrogen and oxygen atoms in total. The third kappa shape index (κ3) is 4.57. The Morgan fingerprint density at radius 1 is 0.857 bits per heavy atom. The standard InChI is InChI=1S/C21H17NO5S/c23-16-9-11-18(12-10-16)28(26,27)22-20-7-2-1-6-19(20)21(25)13-8-15-4-3-5-17(24)14-15/h1-14,22-24H/b13-8+. The number of anilines is 1. The van der Waals surface area contributed by atoms with Gasteiger partial charge in [0.2, 0.25) is 0 Å². The molecule has 0 aliphatic rings. The number of rotatable bonds is 6. The van der Waals surface area contributed by atoms with Gasteiger partial charge in [0.1, 0.15) is 11.5 Å². The minimum atomic E-state index is -3.93. The lowest BCUT2D eigenvalue weighted by Gasteiger charge is -2.11. The van der Waals surface area contributed by atoms with Gasteiger partial charge in [-0.2, -0.15) is 0 Å². The van der Waals surface area contributed by atoms with E-state index in [0.717, 1.165) is 0 Å². The molecule has 0 aromatic heterocycles. The number of phenols is 2. The second-order valence-electron chi connectivity index (χ2n) is 5.94. The number of hydrogen-bond acceptors (Lipinski definition) is 5. The maximum absolute atomic E-state index is 12.6. The summed E-state index contributed by atoms with van der Waals surface area (Å²) in [5.41, 5.74) is 0.956. The molecular weight excluding hydrogens is 378 g/mol. The van der Waals surface area contributed by atoms with Gasteiger partial charge in [0.05, 0.1) is 10.6 Å². The summed E-state index contributed by atoms with van der Waals surface area (Å²) < 4.78 is 27.5. The molecule has 0 saturated carbocycles. The smallest absolute Gasteiger partial charge is 0.261 e. The van der Waals surface area contributed by atoms with E-state index < -0.39 is 15.8 Å². The van der Waals surface area contributed by atoms with Crippen molar-refractivity contribution in [3.05, 3.63) is 90.0 Å². The van der Waals surface area contributed by atoms with Gasteiger partial charge in [0.25, 0.3) is 10.0 Å². The van der Waals surface area contributed by atoms with Crippen molar-refractivity contribution < 1.29 is 23.4 Å². The van der Waals surface area contributed by atoms with Crippen LogP contribution in [-0.2, 0) is 10.0 Å². The summed E-state index contributed by atoms with van der Waals surface area (Å²) >= 11 is 0. The molecule has 0 fully saturated rings. The molecule has 0 unspecified atom stereocenters. The van der Waals surface area contributed by atoms with Crippen LogP contribution in [-0.4, -0.2) is 24.4 Å². The summed E-state index contributed by atoms with van der Waals surface area (Å²) in [5.74, 6) is -0.365. The van der Waals surface area contributed by atoms with Crippen molar-refractivity contribution in [3.8, 4) is 11.5 Å². The summed E-state index contributed by atoms with van der Waals surface area (Å²) in [6.45, 7) is 0. The minimum absolute atomic E-state index is 0.0390. The number of phenolic OH excluding ortho intramolecular Hbond substituents is 2. The van der Waals surface area contributed by atoms with E-state index in [9.17, 15) is 23.4 Å². The molecule has 0 aliphatic heterocycles. The Morgan fingerprint density at radius 3 is 2.29 bits per heavy atom. The normalized spacial score (nSPS) is 11.4. The summed E-state index contributed by atoms with van der Waals surface area (Å²) in [7, 11) is -3.93. The number of hydrogen-bond donors (Lipinski definition) is 3. The second kappa shape index (κ2) is 7.98. The van der Waals surface area contributed by atoms with Crippen LogP contribution in [0.15, 0.2) is 83.8 Å². The van der Waals surface area contributed by atoms with Gasteiger partial charge in [-0.05, 0) is 60.2 Å². The molecule has 0 spiro atoms. The first-order valence-electron chi connectivity index (χ1n) is 8.27. The number of sulfonamides is 1. The molecule has 3 aromatic carbocycles. The maximum atomic E-state index is 12.6. The third-order valence-electron chi connectivity index (χ3n) is 3.88.